The molecule has 21 heavy (non-hydrogen) atoms. The molecule has 2 rings (SSSR count). The maximum absolute atomic E-state index is 12.2. The van der Waals surface area contributed by atoms with Crippen LogP contribution < -0.4 is 10.6 Å². The molecule has 2 aromatic rings. The van der Waals surface area contributed by atoms with E-state index in [2.05, 4.69) is 20.8 Å². The van der Waals surface area contributed by atoms with Gasteiger partial charge in [0.05, 0.1) is 5.25 Å². The van der Waals surface area contributed by atoms with Crippen molar-refractivity contribution in [3.63, 3.8) is 0 Å². The van der Waals surface area contributed by atoms with Crippen LogP contribution in [0.3, 0.4) is 0 Å². The smallest absolute Gasteiger partial charge is 0.237 e. The lowest BCUT2D eigenvalue weighted by Gasteiger charge is -2.11. The molecule has 5 nitrogen and oxygen atoms in total. The van der Waals surface area contributed by atoms with Crippen molar-refractivity contribution >= 4 is 39.8 Å². The number of nitrogens with one attached hydrogen (secondary N) is 2. The van der Waals surface area contributed by atoms with Gasteiger partial charge in [0.1, 0.15) is 0 Å². The van der Waals surface area contributed by atoms with Gasteiger partial charge >= 0.3 is 0 Å². The van der Waals surface area contributed by atoms with Crippen LogP contribution in [0.2, 0.25) is 0 Å². The SMILES string of the molecule is CCNc1nnc(SC(C)C(=O)Nc2ccccc2C)s1. The van der Waals surface area contributed by atoms with E-state index in [9.17, 15) is 4.79 Å². The number of anilines is 2. The Morgan fingerprint density at radius 1 is 1.38 bits per heavy atom. The van der Waals surface area contributed by atoms with Crippen LogP contribution in [0.1, 0.15) is 19.4 Å². The minimum absolute atomic E-state index is 0.0329. The third-order valence-corrected chi connectivity index (χ3v) is 4.85. The molecule has 0 aliphatic heterocycles. The summed E-state index contributed by atoms with van der Waals surface area (Å²) in [5, 5.41) is 14.7. The Balaban J connectivity index is 1.94. The van der Waals surface area contributed by atoms with Gasteiger partial charge in [0, 0.05) is 12.2 Å². The van der Waals surface area contributed by atoms with Crippen LogP contribution in [0.15, 0.2) is 28.6 Å². The number of aromatic nitrogens is 2. The number of aryl methyl sites for hydroxylation is 1. The average Bonchev–Trinajstić information content (AvgIpc) is 2.89. The summed E-state index contributed by atoms with van der Waals surface area (Å²) in [6, 6.07) is 7.74. The average molecular weight is 322 g/mol. The highest BCUT2D eigenvalue weighted by Crippen LogP contribution is 2.29. The Morgan fingerprint density at radius 3 is 2.86 bits per heavy atom. The van der Waals surface area contributed by atoms with Gasteiger partial charge in [-0.15, -0.1) is 10.2 Å². The molecule has 7 heteroatoms. The van der Waals surface area contributed by atoms with Crippen molar-refractivity contribution in [1.82, 2.24) is 10.2 Å². The van der Waals surface area contributed by atoms with Crippen LogP contribution in [0.5, 0.6) is 0 Å². The van der Waals surface area contributed by atoms with E-state index in [1.54, 1.807) is 0 Å². The standard InChI is InChI=1S/C14H18N4OS2/c1-4-15-13-17-18-14(21-13)20-10(3)12(19)16-11-8-6-5-7-9(11)2/h5-8,10H,4H2,1-3H3,(H,15,17)(H,16,19). The van der Waals surface area contributed by atoms with Crippen molar-refractivity contribution in [3.05, 3.63) is 29.8 Å². The molecule has 1 amide bonds. The number of amides is 1. The number of benzene rings is 1. The van der Waals surface area contributed by atoms with Gasteiger partial charge in [-0.3, -0.25) is 4.79 Å². The fraction of sp³-hybridized carbons (Fsp3) is 0.357. The second-order valence-electron chi connectivity index (χ2n) is 4.47. The minimum atomic E-state index is -0.230. The van der Waals surface area contributed by atoms with Crippen molar-refractivity contribution < 1.29 is 4.79 Å². The zero-order valence-electron chi connectivity index (χ0n) is 12.2. The summed E-state index contributed by atoms with van der Waals surface area (Å²) in [6.07, 6.45) is 0. The van der Waals surface area contributed by atoms with E-state index in [4.69, 9.17) is 0 Å². The van der Waals surface area contributed by atoms with Crippen molar-refractivity contribution in [1.29, 1.82) is 0 Å². The van der Waals surface area contributed by atoms with Crippen LogP contribution in [0.4, 0.5) is 10.8 Å². The van der Waals surface area contributed by atoms with E-state index in [0.717, 1.165) is 27.3 Å². The van der Waals surface area contributed by atoms with E-state index in [-0.39, 0.29) is 11.2 Å². The number of rotatable bonds is 6. The van der Waals surface area contributed by atoms with Crippen LogP contribution in [-0.2, 0) is 4.79 Å². The quantitative estimate of drug-likeness (QED) is 0.798. The molecule has 0 saturated carbocycles. The van der Waals surface area contributed by atoms with Crippen LogP contribution in [0.25, 0.3) is 0 Å². The first kappa shape index (κ1) is 15.8. The number of para-hydroxylation sites is 1. The molecule has 1 aromatic heterocycles. The Bertz CT molecular complexity index is 615. The predicted octanol–water partition coefficient (Wildman–Crippen LogP) is 3.40. The summed E-state index contributed by atoms with van der Waals surface area (Å²) in [6.45, 7) is 6.66. The van der Waals surface area contributed by atoms with Crippen molar-refractivity contribution in [3.8, 4) is 0 Å². The number of carbonyl (C=O) groups is 1. The van der Waals surface area contributed by atoms with Crippen LogP contribution in [0, 0.1) is 6.92 Å². The minimum Gasteiger partial charge on any atom is -0.360 e. The van der Waals surface area contributed by atoms with Crippen molar-refractivity contribution in [2.24, 2.45) is 0 Å². The van der Waals surface area contributed by atoms with E-state index in [1.165, 1.54) is 23.1 Å². The van der Waals surface area contributed by atoms with Gasteiger partial charge in [0.15, 0.2) is 4.34 Å². The monoisotopic (exact) mass is 322 g/mol. The molecule has 2 N–H and O–H groups in total. The fourth-order valence-corrected chi connectivity index (χ4v) is 3.60. The van der Waals surface area contributed by atoms with Crippen LogP contribution >= 0.6 is 23.1 Å². The zero-order valence-corrected chi connectivity index (χ0v) is 13.8. The Hall–Kier alpha value is -1.60. The lowest BCUT2D eigenvalue weighted by atomic mass is 10.2. The molecule has 0 spiro atoms. The maximum atomic E-state index is 12.2. The van der Waals surface area contributed by atoms with E-state index < -0.39 is 0 Å². The highest BCUT2D eigenvalue weighted by Gasteiger charge is 2.17. The van der Waals surface area contributed by atoms with Crippen LogP contribution in [-0.4, -0.2) is 27.9 Å². The summed E-state index contributed by atoms with van der Waals surface area (Å²) in [4.78, 5) is 12.2. The van der Waals surface area contributed by atoms with Gasteiger partial charge in [-0.2, -0.15) is 0 Å². The van der Waals surface area contributed by atoms with Gasteiger partial charge in [-0.05, 0) is 32.4 Å². The highest BCUT2D eigenvalue weighted by molar-refractivity contribution is 8.02. The normalized spacial score (nSPS) is 12.0. The first-order valence-electron chi connectivity index (χ1n) is 6.70. The van der Waals surface area contributed by atoms with Gasteiger partial charge in [0.2, 0.25) is 11.0 Å². The molecule has 0 bridgehead atoms. The molecule has 0 aliphatic rings. The van der Waals surface area contributed by atoms with E-state index in [0.29, 0.717) is 0 Å². The predicted molar refractivity (Wildman–Crippen MR) is 89.2 cm³/mol. The first-order chi connectivity index (χ1) is 10.1. The van der Waals surface area contributed by atoms with Gasteiger partial charge in [-0.25, -0.2) is 0 Å². The fourth-order valence-electron chi connectivity index (χ4n) is 1.63. The Kier molecular flexibility index (Phi) is 5.58. The van der Waals surface area contributed by atoms with Crippen molar-refractivity contribution in [2.45, 2.75) is 30.4 Å². The molecule has 112 valence electrons. The topological polar surface area (TPSA) is 66.9 Å². The summed E-state index contributed by atoms with van der Waals surface area (Å²) in [7, 11) is 0. The van der Waals surface area contributed by atoms with E-state index in [1.807, 2.05) is 45.0 Å². The number of hydrogen-bond donors (Lipinski definition) is 2. The molecule has 0 aliphatic carbocycles. The molecule has 1 atom stereocenters. The number of thioether (sulfide) groups is 1. The number of hydrogen-bond acceptors (Lipinski definition) is 6. The zero-order chi connectivity index (χ0) is 15.2. The lowest BCUT2D eigenvalue weighted by molar-refractivity contribution is -0.115. The maximum Gasteiger partial charge on any atom is 0.237 e. The third kappa shape index (κ3) is 4.44. The molecule has 1 heterocycles. The molecule has 0 fully saturated rings. The molecule has 0 radical (unpaired) electrons. The number of carbonyl (C=O) groups excluding carboxylic acids is 1. The van der Waals surface area contributed by atoms with E-state index >= 15 is 0 Å². The molecule has 1 unspecified atom stereocenters. The first-order valence-corrected chi connectivity index (χ1v) is 8.40. The summed E-state index contributed by atoms with van der Waals surface area (Å²) in [5.74, 6) is -0.0329. The van der Waals surface area contributed by atoms with Crippen molar-refractivity contribution in [2.75, 3.05) is 17.2 Å². The summed E-state index contributed by atoms with van der Waals surface area (Å²) in [5.41, 5.74) is 1.90. The summed E-state index contributed by atoms with van der Waals surface area (Å²) < 4.78 is 0.790. The Labute approximate surface area is 132 Å². The molecular weight excluding hydrogens is 304 g/mol. The second-order valence-corrected chi connectivity index (χ2v) is 7.03. The van der Waals surface area contributed by atoms with Gasteiger partial charge < -0.3 is 10.6 Å². The Morgan fingerprint density at radius 2 is 2.14 bits per heavy atom. The van der Waals surface area contributed by atoms with Gasteiger partial charge in [0.25, 0.3) is 0 Å². The molecule has 0 saturated heterocycles. The highest BCUT2D eigenvalue weighted by atomic mass is 32.2. The summed E-state index contributed by atoms with van der Waals surface area (Å²) >= 11 is 2.88. The third-order valence-electron chi connectivity index (χ3n) is 2.78. The van der Waals surface area contributed by atoms with Gasteiger partial charge in [-0.1, -0.05) is 41.3 Å². The molecule has 1 aromatic carbocycles. The number of nitrogens with zero attached hydrogens (tertiary/aromatic N) is 2. The second kappa shape index (κ2) is 7.42. The largest absolute Gasteiger partial charge is 0.360 e. The lowest BCUT2D eigenvalue weighted by Crippen LogP contribution is -2.22. The molecular formula is C14H18N4OS2.